The Morgan fingerprint density at radius 2 is 2.17 bits per heavy atom. The SMILES string of the molecule is Cn1[nH]nc2c3nc(=O)c(=O)[nH]c3cc(C#N)c21. The number of nitriles is 1. The lowest BCUT2D eigenvalue weighted by molar-refractivity contribution is 0.736. The van der Waals surface area contributed by atoms with Gasteiger partial charge in [0.1, 0.15) is 22.6 Å². The van der Waals surface area contributed by atoms with Gasteiger partial charge in [0, 0.05) is 7.05 Å². The van der Waals surface area contributed by atoms with Gasteiger partial charge in [0.25, 0.3) is 0 Å². The van der Waals surface area contributed by atoms with Gasteiger partial charge in [-0.15, -0.1) is 0 Å². The molecule has 0 fully saturated rings. The highest BCUT2D eigenvalue weighted by Crippen LogP contribution is 2.22. The Labute approximate surface area is 98.5 Å². The Morgan fingerprint density at radius 1 is 1.39 bits per heavy atom. The van der Waals surface area contributed by atoms with E-state index in [9.17, 15) is 9.59 Å². The molecule has 0 saturated carbocycles. The van der Waals surface area contributed by atoms with Crippen LogP contribution in [-0.2, 0) is 7.05 Å². The predicted octanol–water partition coefficient (Wildman–Crippen LogP) is -0.630. The van der Waals surface area contributed by atoms with E-state index in [2.05, 4.69) is 20.3 Å². The topological polar surface area (TPSA) is 120 Å². The highest BCUT2D eigenvalue weighted by Gasteiger charge is 2.14. The van der Waals surface area contributed by atoms with Gasteiger partial charge < -0.3 is 4.98 Å². The molecule has 0 aliphatic carbocycles. The van der Waals surface area contributed by atoms with Crippen molar-refractivity contribution in [2.24, 2.45) is 7.05 Å². The minimum Gasteiger partial charge on any atom is -0.316 e. The van der Waals surface area contributed by atoms with E-state index in [1.807, 2.05) is 6.07 Å². The number of hydrogen-bond acceptors (Lipinski definition) is 5. The molecule has 0 aliphatic rings. The Balaban J connectivity index is 2.70. The smallest absolute Gasteiger partial charge is 0.316 e. The number of rotatable bonds is 0. The van der Waals surface area contributed by atoms with Crippen LogP contribution in [0.25, 0.3) is 22.1 Å². The Hall–Kier alpha value is -2.95. The van der Waals surface area contributed by atoms with Gasteiger partial charge in [0.05, 0.1) is 11.1 Å². The van der Waals surface area contributed by atoms with Gasteiger partial charge in [-0.25, -0.2) is 10.2 Å². The predicted molar refractivity (Wildman–Crippen MR) is 62.0 cm³/mol. The molecule has 2 N–H and O–H groups in total. The molecular weight excluding hydrogens is 236 g/mol. The quantitative estimate of drug-likeness (QED) is 0.508. The van der Waals surface area contributed by atoms with Crippen LogP contribution in [0.5, 0.6) is 0 Å². The molecule has 2 aromatic heterocycles. The third-order valence-electron chi connectivity index (χ3n) is 2.67. The first-order valence-corrected chi connectivity index (χ1v) is 5.00. The standard InChI is InChI=1S/C10H6N6O2/c1-16-8-4(3-11)2-5-6(7(8)14-15-16)13-10(18)9(17)12-5/h2,15H,1H3,(H,12,17). The van der Waals surface area contributed by atoms with E-state index in [0.29, 0.717) is 22.1 Å². The molecule has 0 radical (unpaired) electrons. The zero-order chi connectivity index (χ0) is 12.9. The minimum atomic E-state index is -0.876. The van der Waals surface area contributed by atoms with Gasteiger partial charge in [-0.2, -0.15) is 10.4 Å². The van der Waals surface area contributed by atoms with E-state index in [1.165, 1.54) is 6.07 Å². The highest BCUT2D eigenvalue weighted by atomic mass is 16.2. The number of aromatic amines is 2. The van der Waals surface area contributed by atoms with Crippen molar-refractivity contribution in [2.75, 3.05) is 0 Å². The molecule has 2 heterocycles. The molecule has 3 aromatic rings. The van der Waals surface area contributed by atoms with Crippen LogP contribution in [0.2, 0.25) is 0 Å². The molecule has 18 heavy (non-hydrogen) atoms. The molecule has 8 heteroatoms. The first-order chi connectivity index (χ1) is 8.61. The average molecular weight is 242 g/mol. The zero-order valence-electron chi connectivity index (χ0n) is 9.18. The van der Waals surface area contributed by atoms with Crippen LogP contribution in [0, 0.1) is 11.3 Å². The summed E-state index contributed by atoms with van der Waals surface area (Å²) in [5.74, 6) is 0. The molecule has 0 spiro atoms. The number of fused-ring (bicyclic) bond motifs is 3. The van der Waals surface area contributed by atoms with Gasteiger partial charge in [-0.1, -0.05) is 0 Å². The average Bonchev–Trinajstić information content (AvgIpc) is 2.73. The van der Waals surface area contributed by atoms with Crippen molar-refractivity contribution in [2.45, 2.75) is 0 Å². The second kappa shape index (κ2) is 3.27. The van der Waals surface area contributed by atoms with Crippen LogP contribution >= 0.6 is 0 Å². The van der Waals surface area contributed by atoms with Crippen molar-refractivity contribution in [1.29, 1.82) is 5.26 Å². The summed E-state index contributed by atoms with van der Waals surface area (Å²) >= 11 is 0. The normalized spacial score (nSPS) is 10.9. The number of nitrogens with one attached hydrogen (secondary N) is 2. The molecule has 0 saturated heterocycles. The summed E-state index contributed by atoms with van der Waals surface area (Å²) in [6.07, 6.45) is 0. The van der Waals surface area contributed by atoms with Gasteiger partial charge in [-0.05, 0) is 6.07 Å². The van der Waals surface area contributed by atoms with E-state index in [0.717, 1.165) is 0 Å². The van der Waals surface area contributed by atoms with Crippen molar-refractivity contribution in [3.05, 3.63) is 32.3 Å². The second-order valence-electron chi connectivity index (χ2n) is 3.77. The number of hydrogen-bond donors (Lipinski definition) is 2. The summed E-state index contributed by atoms with van der Waals surface area (Å²) in [6.45, 7) is 0. The number of benzene rings is 1. The zero-order valence-corrected chi connectivity index (χ0v) is 9.18. The highest BCUT2D eigenvalue weighted by molar-refractivity contribution is 6.02. The molecule has 0 unspecified atom stereocenters. The maximum Gasteiger partial charge on any atom is 0.336 e. The summed E-state index contributed by atoms with van der Waals surface area (Å²) in [7, 11) is 1.69. The van der Waals surface area contributed by atoms with Gasteiger partial charge in [0.15, 0.2) is 0 Å². The number of aromatic nitrogens is 5. The first-order valence-electron chi connectivity index (χ1n) is 5.00. The molecule has 0 bridgehead atoms. The number of aryl methyl sites for hydroxylation is 1. The summed E-state index contributed by atoms with van der Waals surface area (Å²) in [4.78, 5) is 28.6. The fraction of sp³-hybridized carbons (Fsp3) is 0.100. The van der Waals surface area contributed by atoms with Crippen molar-refractivity contribution in [3.8, 4) is 6.07 Å². The third kappa shape index (κ3) is 1.18. The summed E-state index contributed by atoms with van der Waals surface area (Å²) < 4.78 is 1.55. The largest absolute Gasteiger partial charge is 0.336 e. The molecule has 3 rings (SSSR count). The molecule has 0 atom stereocenters. The number of nitrogens with zero attached hydrogens (tertiary/aromatic N) is 4. The first kappa shape index (κ1) is 10.2. The van der Waals surface area contributed by atoms with E-state index in [4.69, 9.17) is 5.26 Å². The maximum absolute atomic E-state index is 11.3. The molecule has 0 aliphatic heterocycles. The van der Waals surface area contributed by atoms with E-state index in [-0.39, 0.29) is 5.52 Å². The van der Waals surface area contributed by atoms with Crippen LogP contribution < -0.4 is 11.1 Å². The lowest BCUT2D eigenvalue weighted by Gasteiger charge is -2.00. The van der Waals surface area contributed by atoms with Crippen LogP contribution in [-0.4, -0.2) is 25.0 Å². The van der Waals surface area contributed by atoms with E-state index < -0.39 is 11.1 Å². The van der Waals surface area contributed by atoms with E-state index in [1.54, 1.807) is 11.7 Å². The van der Waals surface area contributed by atoms with Crippen LogP contribution in [0.3, 0.4) is 0 Å². The second-order valence-corrected chi connectivity index (χ2v) is 3.77. The van der Waals surface area contributed by atoms with Crippen LogP contribution in [0.4, 0.5) is 0 Å². The Kier molecular flexibility index (Phi) is 1.86. The van der Waals surface area contributed by atoms with Crippen LogP contribution in [0.15, 0.2) is 15.7 Å². The van der Waals surface area contributed by atoms with Crippen molar-refractivity contribution in [3.63, 3.8) is 0 Å². The van der Waals surface area contributed by atoms with Crippen molar-refractivity contribution in [1.82, 2.24) is 25.0 Å². The lowest BCUT2D eigenvalue weighted by atomic mass is 10.1. The summed E-state index contributed by atoms with van der Waals surface area (Å²) in [5, 5.41) is 15.7. The van der Waals surface area contributed by atoms with Crippen LogP contribution in [0.1, 0.15) is 5.56 Å². The van der Waals surface area contributed by atoms with Gasteiger partial charge >= 0.3 is 11.1 Å². The third-order valence-corrected chi connectivity index (χ3v) is 2.67. The van der Waals surface area contributed by atoms with Gasteiger partial charge in [0.2, 0.25) is 0 Å². The fourth-order valence-corrected chi connectivity index (χ4v) is 1.89. The summed E-state index contributed by atoms with van der Waals surface area (Å²) in [6, 6.07) is 3.49. The van der Waals surface area contributed by atoms with Crippen molar-refractivity contribution >= 4 is 22.1 Å². The Bertz CT molecular complexity index is 939. The molecule has 0 amide bonds. The molecule has 8 nitrogen and oxygen atoms in total. The number of H-pyrrole nitrogens is 2. The summed E-state index contributed by atoms with van der Waals surface area (Å²) in [5.41, 5.74) is 0.139. The maximum atomic E-state index is 11.3. The van der Waals surface area contributed by atoms with E-state index >= 15 is 0 Å². The molecule has 1 aromatic carbocycles. The minimum absolute atomic E-state index is 0.269. The molecule has 88 valence electrons. The molecular formula is C10H6N6O2. The lowest BCUT2D eigenvalue weighted by Crippen LogP contribution is -2.29. The Morgan fingerprint density at radius 3 is 2.89 bits per heavy atom. The van der Waals surface area contributed by atoms with Gasteiger partial charge in [-0.3, -0.25) is 14.3 Å². The monoisotopic (exact) mass is 242 g/mol. The van der Waals surface area contributed by atoms with Crippen molar-refractivity contribution < 1.29 is 0 Å². The fourth-order valence-electron chi connectivity index (χ4n) is 1.89.